The quantitative estimate of drug-likeness (QED) is 0.0740. The molecular weight excluding hydrogens is 901 g/mol. The molecule has 1 aliphatic heterocycles. The molecule has 8 nitrogen and oxygen atoms in total. The van der Waals surface area contributed by atoms with Crippen LogP contribution in [0.15, 0.2) is 24.3 Å². The van der Waals surface area contributed by atoms with Gasteiger partial charge in [-0.15, -0.1) is 0 Å². The Morgan fingerprint density at radius 2 is 0.939 bits per heavy atom. The normalized spacial score (nSPS) is 15.4. The van der Waals surface area contributed by atoms with E-state index >= 15 is 26.3 Å². The van der Waals surface area contributed by atoms with E-state index in [1.165, 1.54) is 0 Å². The first-order chi connectivity index (χ1) is 30.9. The number of nitrogens with zero attached hydrogens (tertiary/aromatic N) is 4. The molecule has 1 atom stereocenters. The van der Waals surface area contributed by atoms with Crippen molar-refractivity contribution in [1.29, 1.82) is 0 Å². The number of amides is 1. The number of aromatic nitrogens is 3. The molecule has 0 fully saturated rings. The zero-order valence-electron chi connectivity index (χ0n) is 35.4. The lowest BCUT2D eigenvalue weighted by atomic mass is 9.84. The summed E-state index contributed by atoms with van der Waals surface area (Å²) < 4.78 is 177. The Labute approximate surface area is 367 Å². The van der Waals surface area contributed by atoms with Gasteiger partial charge in [0, 0.05) is 51.0 Å². The highest BCUT2D eigenvalue weighted by atomic mass is 19.4. The van der Waals surface area contributed by atoms with E-state index in [9.17, 15) is 46.5 Å². The van der Waals surface area contributed by atoms with Crippen LogP contribution in [0.5, 0.6) is 11.8 Å². The maximum absolute atomic E-state index is 15.2. The van der Waals surface area contributed by atoms with Crippen molar-refractivity contribution in [1.82, 2.24) is 19.4 Å². The summed E-state index contributed by atoms with van der Waals surface area (Å²) in [6.07, 6.45) is -16.2. The van der Waals surface area contributed by atoms with E-state index in [-0.39, 0.29) is 38.1 Å². The van der Waals surface area contributed by atoms with Crippen molar-refractivity contribution in [2.75, 3.05) is 6.54 Å². The largest absolute Gasteiger partial charge is 0.494 e. The van der Waals surface area contributed by atoms with Crippen molar-refractivity contribution in [3.63, 3.8) is 0 Å². The van der Waals surface area contributed by atoms with Crippen molar-refractivity contribution in [2.45, 2.75) is 128 Å². The van der Waals surface area contributed by atoms with Crippen molar-refractivity contribution in [3.05, 3.63) is 57.6 Å². The van der Waals surface area contributed by atoms with E-state index in [2.05, 4.69) is 9.97 Å². The summed E-state index contributed by atoms with van der Waals surface area (Å²) >= 11 is 0. The van der Waals surface area contributed by atoms with Crippen molar-refractivity contribution in [2.24, 2.45) is 0 Å². The molecular formula is C46H42F12N4O4. The molecule has 4 aromatic carbocycles. The van der Waals surface area contributed by atoms with Crippen LogP contribution in [0.4, 0.5) is 52.7 Å². The molecule has 7 aromatic rings. The van der Waals surface area contributed by atoms with E-state index in [0.717, 1.165) is 48.0 Å². The standard InChI is InChI=1S/C46H42F12N4O4/c1-3-5-7-9-11-13-15-61-39(63)33-29-30-35(37-31(33)27-23(45(53,54)55)17-21(43(47,48)49)19-25(27)59-37)41(65)62(16-14-12-10-8-6-4-2)42(66)36(30)38-32(34(29)40(61)64)28-24(46(56,57)58)18-22(44(50,51)52)20-26(28)60-38/h17-20,41,63-65H,3-16H2,1-2H3. The Hall–Kier alpha value is -5.53. The van der Waals surface area contributed by atoms with E-state index in [1.54, 1.807) is 0 Å². The highest BCUT2D eigenvalue weighted by Crippen LogP contribution is 2.57. The van der Waals surface area contributed by atoms with Gasteiger partial charge in [0.15, 0.2) is 6.23 Å². The fraction of sp³-hybridized carbons (Fsp3) is 0.457. The summed E-state index contributed by atoms with van der Waals surface area (Å²) in [4.78, 5) is 24.2. The number of aliphatic hydroxyl groups excluding tert-OH is 1. The number of carbonyl (C=O) groups is 1. The van der Waals surface area contributed by atoms with Crippen LogP contribution < -0.4 is 0 Å². The smallest absolute Gasteiger partial charge is 0.417 e. The third-order valence-electron chi connectivity index (χ3n) is 12.7. The molecule has 0 saturated heterocycles. The van der Waals surface area contributed by atoms with Gasteiger partial charge in [0.25, 0.3) is 5.91 Å². The molecule has 0 bridgehead atoms. The molecule has 3 N–H and O–H groups in total. The first-order valence-corrected chi connectivity index (χ1v) is 21.6. The molecule has 0 spiro atoms. The topological polar surface area (TPSA) is 112 Å². The molecule has 0 aliphatic carbocycles. The first-order valence-electron chi connectivity index (χ1n) is 21.6. The van der Waals surface area contributed by atoms with Gasteiger partial charge < -0.3 is 20.2 Å². The molecule has 0 saturated carbocycles. The molecule has 1 amide bonds. The van der Waals surface area contributed by atoms with Crippen LogP contribution in [-0.4, -0.2) is 47.2 Å². The SMILES string of the molecule is CCCCCCCCN1C(=O)c2c3nc4cc(C(F)(F)F)cc(C(F)(F)F)c4c3c3c(O)n(CCCCCCCC)c(O)c4c5c(nc6cc(C(F)(F)F)cc(C(F)(F)F)c65)c(c2c34)C1O. The molecule has 8 rings (SSSR count). The molecule has 354 valence electrons. The van der Waals surface area contributed by atoms with Crippen LogP contribution in [0.1, 0.15) is 135 Å². The Balaban J connectivity index is 1.61. The Morgan fingerprint density at radius 3 is 1.39 bits per heavy atom. The number of pyridine rings is 1. The van der Waals surface area contributed by atoms with Crippen LogP contribution in [0.2, 0.25) is 0 Å². The summed E-state index contributed by atoms with van der Waals surface area (Å²) in [5.41, 5.74) is -11.5. The maximum Gasteiger partial charge on any atom is 0.417 e. The average Bonchev–Trinajstić information content (AvgIpc) is 3.80. The number of fused-ring (bicyclic) bond motifs is 10. The van der Waals surface area contributed by atoms with Crippen molar-refractivity contribution in [3.8, 4) is 11.8 Å². The fourth-order valence-electron chi connectivity index (χ4n) is 9.67. The minimum atomic E-state index is -5.55. The van der Waals surface area contributed by atoms with Gasteiger partial charge in [-0.1, -0.05) is 78.1 Å². The van der Waals surface area contributed by atoms with Crippen LogP contribution in [-0.2, 0) is 31.2 Å². The lowest BCUT2D eigenvalue weighted by Crippen LogP contribution is -2.39. The highest BCUT2D eigenvalue weighted by molar-refractivity contribution is 6.41. The van der Waals surface area contributed by atoms with Gasteiger partial charge in [0.05, 0.1) is 60.7 Å². The molecule has 3 aromatic heterocycles. The Morgan fingerprint density at radius 1 is 0.515 bits per heavy atom. The average molecular weight is 943 g/mol. The van der Waals surface area contributed by atoms with Crippen LogP contribution in [0.3, 0.4) is 0 Å². The van der Waals surface area contributed by atoms with E-state index in [4.69, 9.17) is 0 Å². The minimum absolute atomic E-state index is 0.160. The van der Waals surface area contributed by atoms with E-state index in [1.807, 2.05) is 13.8 Å². The summed E-state index contributed by atoms with van der Waals surface area (Å²) in [5, 5.41) is 31.0. The molecule has 66 heavy (non-hydrogen) atoms. The number of aliphatic hydroxyl groups is 1. The second kappa shape index (κ2) is 16.7. The monoisotopic (exact) mass is 942 g/mol. The number of rotatable bonds is 14. The molecule has 4 heterocycles. The summed E-state index contributed by atoms with van der Waals surface area (Å²) in [5.74, 6) is -3.13. The Kier molecular flexibility index (Phi) is 11.9. The van der Waals surface area contributed by atoms with Crippen molar-refractivity contribution >= 4 is 71.1 Å². The van der Waals surface area contributed by atoms with Crippen molar-refractivity contribution < 1.29 is 72.8 Å². The number of hydrogen-bond donors (Lipinski definition) is 3. The predicted octanol–water partition coefficient (Wildman–Crippen LogP) is 14.3. The number of benzene rings is 4. The van der Waals surface area contributed by atoms with Gasteiger partial charge in [0.2, 0.25) is 11.8 Å². The van der Waals surface area contributed by atoms with Gasteiger partial charge in [-0.25, -0.2) is 9.97 Å². The van der Waals surface area contributed by atoms with Gasteiger partial charge in [-0.05, 0) is 37.1 Å². The third kappa shape index (κ3) is 7.69. The van der Waals surface area contributed by atoms with Crippen LogP contribution in [0, 0.1) is 0 Å². The molecule has 1 unspecified atom stereocenters. The maximum atomic E-state index is 15.2. The second-order valence-electron chi connectivity index (χ2n) is 17.0. The number of hydrogen-bond acceptors (Lipinski definition) is 6. The third-order valence-corrected chi connectivity index (χ3v) is 12.7. The minimum Gasteiger partial charge on any atom is -0.494 e. The van der Waals surface area contributed by atoms with E-state index < -0.39 is 147 Å². The zero-order valence-corrected chi connectivity index (χ0v) is 35.4. The predicted molar refractivity (Wildman–Crippen MR) is 222 cm³/mol. The summed E-state index contributed by atoms with van der Waals surface area (Å²) in [7, 11) is 0. The highest BCUT2D eigenvalue weighted by Gasteiger charge is 2.46. The van der Waals surface area contributed by atoms with Gasteiger partial charge in [-0.3, -0.25) is 9.36 Å². The molecule has 1 aliphatic rings. The molecule has 0 radical (unpaired) electrons. The number of alkyl halides is 12. The van der Waals surface area contributed by atoms with Gasteiger partial charge >= 0.3 is 24.7 Å². The Bertz CT molecular complexity index is 3020. The summed E-state index contributed by atoms with van der Waals surface area (Å²) in [6, 6.07) is 0.329. The van der Waals surface area contributed by atoms with Gasteiger partial charge in [0.1, 0.15) is 0 Å². The summed E-state index contributed by atoms with van der Waals surface area (Å²) in [6.45, 7) is 3.33. The number of halogens is 12. The second-order valence-corrected chi connectivity index (χ2v) is 17.0. The fourth-order valence-corrected chi connectivity index (χ4v) is 9.67. The lowest BCUT2D eigenvalue weighted by Gasteiger charge is -2.35. The number of aromatic hydroxyl groups is 2. The zero-order chi connectivity index (χ0) is 48.0. The van der Waals surface area contributed by atoms with Gasteiger partial charge in [-0.2, -0.15) is 52.7 Å². The van der Waals surface area contributed by atoms with Crippen LogP contribution in [0.25, 0.3) is 65.2 Å². The molecule has 20 heteroatoms. The van der Waals surface area contributed by atoms with E-state index in [0.29, 0.717) is 37.8 Å². The lowest BCUT2D eigenvalue weighted by molar-refractivity contribution is -0.143. The van der Waals surface area contributed by atoms with Crippen LogP contribution >= 0.6 is 0 Å². The first kappa shape index (κ1) is 47.0. The number of carbonyl (C=O) groups excluding carboxylic acids is 1. The number of unbranched alkanes of at least 4 members (excludes halogenated alkanes) is 10.